The SMILES string of the molecule is CC1=NC2=C(C(=O)CC(c3ccccc3)C2)C(c2cccs2)C1C(=O)OC(C)C. The van der Waals surface area contributed by atoms with Crippen molar-refractivity contribution in [1.82, 2.24) is 0 Å². The summed E-state index contributed by atoms with van der Waals surface area (Å²) < 4.78 is 5.54. The number of carbonyl (C=O) groups is 2. The molecule has 0 fully saturated rings. The molecule has 2 aliphatic rings. The van der Waals surface area contributed by atoms with Crippen LogP contribution < -0.4 is 0 Å². The molecule has 0 N–H and O–H groups in total. The molecule has 0 saturated heterocycles. The number of ether oxygens (including phenoxy) is 1. The molecular weight excluding hydrogens is 382 g/mol. The summed E-state index contributed by atoms with van der Waals surface area (Å²) in [6.07, 6.45) is 0.959. The fraction of sp³-hybridized carbons (Fsp3) is 0.375. The van der Waals surface area contributed by atoms with Crippen LogP contribution in [0.25, 0.3) is 0 Å². The van der Waals surface area contributed by atoms with Crippen molar-refractivity contribution in [3.05, 3.63) is 69.6 Å². The quantitative estimate of drug-likeness (QED) is 0.649. The van der Waals surface area contributed by atoms with Gasteiger partial charge in [0, 0.05) is 34.2 Å². The highest BCUT2D eigenvalue weighted by molar-refractivity contribution is 7.10. The second-order valence-corrected chi connectivity index (χ2v) is 8.99. The van der Waals surface area contributed by atoms with Crippen LogP contribution in [0.15, 0.2) is 64.1 Å². The molecule has 3 unspecified atom stereocenters. The van der Waals surface area contributed by atoms with Crippen LogP contribution in [0.3, 0.4) is 0 Å². The van der Waals surface area contributed by atoms with Crippen LogP contribution in [0.5, 0.6) is 0 Å². The van der Waals surface area contributed by atoms with Gasteiger partial charge in [0.15, 0.2) is 5.78 Å². The molecule has 3 atom stereocenters. The fourth-order valence-corrected chi connectivity index (χ4v) is 5.28. The smallest absolute Gasteiger partial charge is 0.315 e. The van der Waals surface area contributed by atoms with Crippen LogP contribution in [0, 0.1) is 5.92 Å². The zero-order chi connectivity index (χ0) is 20.5. The molecule has 1 aliphatic carbocycles. The molecule has 0 spiro atoms. The number of benzene rings is 1. The summed E-state index contributed by atoms with van der Waals surface area (Å²) in [4.78, 5) is 32.1. The van der Waals surface area contributed by atoms with Crippen LogP contribution in [0.4, 0.5) is 0 Å². The minimum Gasteiger partial charge on any atom is -0.462 e. The van der Waals surface area contributed by atoms with Crippen LogP contribution in [0.2, 0.25) is 0 Å². The van der Waals surface area contributed by atoms with Crippen LogP contribution in [-0.2, 0) is 14.3 Å². The van der Waals surface area contributed by atoms with E-state index in [1.54, 1.807) is 11.3 Å². The van der Waals surface area contributed by atoms with Gasteiger partial charge in [0.2, 0.25) is 0 Å². The van der Waals surface area contributed by atoms with Gasteiger partial charge in [-0.1, -0.05) is 36.4 Å². The highest BCUT2D eigenvalue weighted by Gasteiger charge is 2.45. The predicted molar refractivity (Wildman–Crippen MR) is 115 cm³/mol. The molecule has 1 aromatic heterocycles. The first-order valence-corrected chi connectivity index (χ1v) is 10.9. The van der Waals surface area contributed by atoms with Crippen molar-refractivity contribution in [1.29, 1.82) is 0 Å². The van der Waals surface area contributed by atoms with E-state index in [9.17, 15) is 9.59 Å². The standard InChI is InChI=1S/C24H25NO3S/c1-14(2)28-24(27)21-15(3)25-18-12-17(16-8-5-4-6-9-16)13-19(26)22(18)23(21)20-10-7-11-29-20/h4-11,14,17,21,23H,12-13H2,1-3H3. The number of aliphatic imine (C=N–C) groups is 1. The maximum absolute atomic E-state index is 13.3. The lowest BCUT2D eigenvalue weighted by molar-refractivity contribution is -0.150. The number of nitrogens with zero attached hydrogens (tertiary/aromatic N) is 1. The van der Waals surface area contributed by atoms with E-state index in [-0.39, 0.29) is 29.7 Å². The Morgan fingerprint density at radius 2 is 1.90 bits per heavy atom. The number of thiophene rings is 1. The number of Topliss-reactive ketones (excluding diaryl/α,β-unsaturated/α-hetero) is 1. The average Bonchev–Trinajstić information content (AvgIpc) is 3.21. The van der Waals surface area contributed by atoms with Gasteiger partial charge in [-0.25, -0.2) is 0 Å². The Kier molecular flexibility index (Phi) is 5.50. The molecule has 29 heavy (non-hydrogen) atoms. The molecule has 4 rings (SSSR count). The van der Waals surface area contributed by atoms with E-state index >= 15 is 0 Å². The van der Waals surface area contributed by atoms with Crippen LogP contribution in [0.1, 0.15) is 55.9 Å². The molecule has 0 saturated carbocycles. The lowest BCUT2D eigenvalue weighted by Gasteiger charge is -2.36. The first-order valence-electron chi connectivity index (χ1n) is 10.1. The molecule has 0 amide bonds. The molecule has 4 nitrogen and oxygen atoms in total. The van der Waals surface area contributed by atoms with Crippen molar-refractivity contribution in [2.45, 2.75) is 51.6 Å². The number of hydrogen-bond donors (Lipinski definition) is 0. The summed E-state index contributed by atoms with van der Waals surface area (Å²) >= 11 is 1.58. The number of rotatable bonds is 4. The Bertz CT molecular complexity index is 973. The summed E-state index contributed by atoms with van der Waals surface area (Å²) in [6, 6.07) is 14.1. The first-order chi connectivity index (χ1) is 14.0. The fourth-order valence-electron chi connectivity index (χ4n) is 4.41. The van der Waals surface area contributed by atoms with Gasteiger partial charge >= 0.3 is 5.97 Å². The third-order valence-corrected chi connectivity index (χ3v) is 6.57. The highest BCUT2D eigenvalue weighted by Crippen LogP contribution is 2.47. The van der Waals surface area contributed by atoms with E-state index in [1.165, 1.54) is 0 Å². The summed E-state index contributed by atoms with van der Waals surface area (Å²) in [5.41, 5.74) is 3.43. The Morgan fingerprint density at radius 3 is 2.55 bits per heavy atom. The number of carbonyl (C=O) groups excluding carboxylic acids is 2. The Hall–Kier alpha value is -2.53. The second-order valence-electron chi connectivity index (χ2n) is 8.01. The molecule has 150 valence electrons. The average molecular weight is 408 g/mol. The van der Waals surface area contributed by atoms with Gasteiger partial charge in [0.05, 0.1) is 6.10 Å². The zero-order valence-corrected chi connectivity index (χ0v) is 17.7. The summed E-state index contributed by atoms with van der Waals surface area (Å²) in [5, 5.41) is 1.99. The topological polar surface area (TPSA) is 55.7 Å². The maximum Gasteiger partial charge on any atom is 0.315 e. The third-order valence-electron chi connectivity index (χ3n) is 5.62. The van der Waals surface area contributed by atoms with Gasteiger partial charge in [-0.3, -0.25) is 14.6 Å². The van der Waals surface area contributed by atoms with Crippen molar-refractivity contribution >= 4 is 28.8 Å². The van der Waals surface area contributed by atoms with Crippen molar-refractivity contribution in [2.75, 3.05) is 0 Å². The van der Waals surface area contributed by atoms with Gasteiger partial charge in [-0.2, -0.15) is 0 Å². The van der Waals surface area contributed by atoms with E-state index in [2.05, 4.69) is 12.1 Å². The lowest BCUT2D eigenvalue weighted by atomic mass is 9.71. The van der Waals surface area contributed by atoms with Crippen molar-refractivity contribution in [3.8, 4) is 0 Å². The number of esters is 1. The van der Waals surface area contributed by atoms with Crippen molar-refractivity contribution < 1.29 is 14.3 Å². The molecule has 1 aromatic carbocycles. The van der Waals surface area contributed by atoms with Crippen molar-refractivity contribution in [2.24, 2.45) is 10.9 Å². The number of allylic oxidation sites excluding steroid dienone is 2. The van der Waals surface area contributed by atoms with E-state index < -0.39 is 5.92 Å². The monoisotopic (exact) mass is 407 g/mol. The Balaban J connectivity index is 1.76. The molecular formula is C24H25NO3S. The second kappa shape index (κ2) is 8.07. The largest absolute Gasteiger partial charge is 0.462 e. The first kappa shape index (κ1) is 19.8. The molecule has 0 bridgehead atoms. The van der Waals surface area contributed by atoms with Gasteiger partial charge in [-0.15, -0.1) is 11.3 Å². The zero-order valence-electron chi connectivity index (χ0n) is 16.9. The van der Waals surface area contributed by atoms with E-state index in [4.69, 9.17) is 9.73 Å². The minimum atomic E-state index is -0.549. The molecule has 2 aromatic rings. The van der Waals surface area contributed by atoms with Gasteiger partial charge < -0.3 is 4.74 Å². The van der Waals surface area contributed by atoms with E-state index in [0.29, 0.717) is 12.0 Å². The predicted octanol–water partition coefficient (Wildman–Crippen LogP) is 5.27. The molecule has 0 radical (unpaired) electrons. The summed E-state index contributed by atoms with van der Waals surface area (Å²) in [7, 11) is 0. The number of hydrogen-bond acceptors (Lipinski definition) is 5. The van der Waals surface area contributed by atoms with Crippen LogP contribution in [-0.4, -0.2) is 23.6 Å². The van der Waals surface area contributed by atoms with Gasteiger partial charge in [0.25, 0.3) is 0 Å². The molecule has 5 heteroatoms. The van der Waals surface area contributed by atoms with Crippen molar-refractivity contribution in [3.63, 3.8) is 0 Å². The Morgan fingerprint density at radius 1 is 1.14 bits per heavy atom. The summed E-state index contributed by atoms with van der Waals surface area (Å²) in [6.45, 7) is 5.57. The number of ketones is 1. The minimum absolute atomic E-state index is 0.0945. The van der Waals surface area contributed by atoms with E-state index in [1.807, 2.05) is 56.5 Å². The van der Waals surface area contributed by atoms with Gasteiger partial charge in [0.1, 0.15) is 5.92 Å². The van der Waals surface area contributed by atoms with Crippen LogP contribution >= 0.6 is 11.3 Å². The highest BCUT2D eigenvalue weighted by atomic mass is 32.1. The van der Waals surface area contributed by atoms with E-state index in [0.717, 1.165) is 28.3 Å². The lowest BCUT2D eigenvalue weighted by Crippen LogP contribution is -2.38. The Labute approximate surface area is 175 Å². The molecule has 2 heterocycles. The third kappa shape index (κ3) is 3.84. The maximum atomic E-state index is 13.3. The summed E-state index contributed by atoms with van der Waals surface area (Å²) in [5.74, 6) is -0.937. The van der Waals surface area contributed by atoms with Gasteiger partial charge in [-0.05, 0) is 50.1 Å². The molecule has 1 aliphatic heterocycles. The normalized spacial score (nSPS) is 24.3.